The van der Waals surface area contributed by atoms with Crippen LogP contribution in [-0.2, 0) is 21.1 Å². The first-order chi connectivity index (χ1) is 17.2. The summed E-state index contributed by atoms with van der Waals surface area (Å²) in [6.45, 7) is 9.46. The van der Waals surface area contributed by atoms with Crippen molar-refractivity contribution in [2.24, 2.45) is 0 Å². The first-order valence-corrected chi connectivity index (χ1v) is 12.3. The van der Waals surface area contributed by atoms with E-state index in [1.54, 1.807) is 38.1 Å². The molecule has 0 radical (unpaired) electrons. The van der Waals surface area contributed by atoms with Crippen LogP contribution in [0.2, 0.25) is 0 Å². The molecule has 2 atom stereocenters. The van der Waals surface area contributed by atoms with Crippen LogP contribution in [0.4, 0.5) is 20.3 Å². The predicted molar refractivity (Wildman–Crippen MR) is 140 cm³/mol. The molecule has 0 saturated carbocycles. The number of hydrogen-bond acceptors (Lipinski definition) is 6. The van der Waals surface area contributed by atoms with Crippen LogP contribution in [0.5, 0.6) is 0 Å². The third-order valence-electron chi connectivity index (χ3n) is 7.68. The van der Waals surface area contributed by atoms with Gasteiger partial charge in [0.25, 0.3) is 5.91 Å². The van der Waals surface area contributed by atoms with Gasteiger partial charge in [0.15, 0.2) is 11.4 Å². The van der Waals surface area contributed by atoms with E-state index < -0.39 is 23.2 Å². The van der Waals surface area contributed by atoms with E-state index in [1.807, 2.05) is 32.9 Å². The van der Waals surface area contributed by atoms with Crippen molar-refractivity contribution in [3.05, 3.63) is 58.3 Å². The van der Waals surface area contributed by atoms with Crippen LogP contribution in [0, 0.1) is 13.8 Å². The molecule has 2 aromatic carbocycles. The normalized spacial score (nSPS) is 18.9. The molecule has 0 fully saturated rings. The second kappa shape index (κ2) is 8.99. The summed E-state index contributed by atoms with van der Waals surface area (Å²) in [7, 11) is 3.26. The van der Waals surface area contributed by atoms with E-state index in [0.717, 1.165) is 35.9 Å². The van der Waals surface area contributed by atoms with Gasteiger partial charge >= 0.3 is 5.92 Å². The Morgan fingerprint density at radius 1 is 1.19 bits per heavy atom. The van der Waals surface area contributed by atoms with E-state index in [9.17, 15) is 9.90 Å². The number of likely N-dealkylation sites (N-methyl/N-ethyl adjacent to an activating group) is 1. The van der Waals surface area contributed by atoms with Gasteiger partial charge in [-0.2, -0.15) is 13.9 Å². The Hall–Kier alpha value is -3.17. The number of nitrogens with one attached hydrogen (secondary N) is 1. The molecule has 7 nitrogen and oxygen atoms in total. The molecule has 0 saturated heterocycles. The number of hydrogen-bond donors (Lipinski definition) is 2. The summed E-state index contributed by atoms with van der Waals surface area (Å²) in [5, 5.41) is 23.7. The third-order valence-corrected chi connectivity index (χ3v) is 7.68. The molecule has 9 heteroatoms. The zero-order valence-corrected chi connectivity index (χ0v) is 22.5. The second-order valence-electron chi connectivity index (χ2n) is 10.3. The molecule has 0 aliphatic carbocycles. The van der Waals surface area contributed by atoms with Crippen molar-refractivity contribution in [2.45, 2.75) is 71.1 Å². The van der Waals surface area contributed by atoms with Gasteiger partial charge in [0.1, 0.15) is 5.60 Å². The van der Waals surface area contributed by atoms with Crippen molar-refractivity contribution in [2.75, 3.05) is 24.4 Å². The maximum Gasteiger partial charge on any atom is 0.300 e. The minimum Gasteiger partial charge on any atom is -0.384 e. The molecule has 1 unspecified atom stereocenters. The van der Waals surface area contributed by atoms with Gasteiger partial charge < -0.3 is 20.1 Å². The van der Waals surface area contributed by atoms with Crippen molar-refractivity contribution in [1.29, 1.82) is 0 Å². The number of benzene rings is 2. The lowest BCUT2D eigenvalue weighted by Gasteiger charge is -2.31. The summed E-state index contributed by atoms with van der Waals surface area (Å²) in [4.78, 5) is 14.7. The quantitative estimate of drug-likeness (QED) is 0.434. The fourth-order valence-corrected chi connectivity index (χ4v) is 5.28. The Bertz CT molecular complexity index is 1380. The van der Waals surface area contributed by atoms with Crippen LogP contribution in [0.15, 0.2) is 30.3 Å². The van der Waals surface area contributed by atoms with Crippen LogP contribution in [-0.4, -0.2) is 41.0 Å². The number of rotatable bonds is 7. The summed E-state index contributed by atoms with van der Waals surface area (Å²) < 4.78 is 35.8. The topological polar surface area (TPSA) is 87.6 Å². The highest BCUT2D eigenvalue weighted by atomic mass is 19.3. The molecule has 1 aliphatic rings. The number of aromatic nitrogens is 2. The number of methoxy groups -OCH3 is 1. The van der Waals surface area contributed by atoms with Gasteiger partial charge in [-0.25, -0.2) is 0 Å². The van der Waals surface area contributed by atoms with Gasteiger partial charge in [-0.05, 0) is 64.3 Å². The molecule has 0 spiro atoms. The molecular weight excluding hydrogens is 478 g/mol. The smallest absolute Gasteiger partial charge is 0.300 e. The van der Waals surface area contributed by atoms with Gasteiger partial charge in [-0.15, -0.1) is 5.10 Å². The van der Waals surface area contributed by atoms with Crippen LogP contribution < -0.4 is 10.2 Å². The number of halogens is 2. The number of ether oxygens (including phenoxy) is 1. The van der Waals surface area contributed by atoms with Crippen molar-refractivity contribution in [3.63, 3.8) is 0 Å². The minimum absolute atomic E-state index is 0.135. The Kier molecular flexibility index (Phi) is 6.53. The predicted octanol–water partition coefficient (Wildman–Crippen LogP) is 5.51. The maximum absolute atomic E-state index is 15.0. The number of aliphatic hydroxyl groups is 1. The minimum atomic E-state index is -3.44. The average molecular weight is 513 g/mol. The van der Waals surface area contributed by atoms with Crippen molar-refractivity contribution >= 4 is 28.2 Å². The number of nitrogens with zero attached hydrogens (tertiary/aromatic N) is 3. The lowest BCUT2D eigenvalue weighted by atomic mass is 9.87. The SMILES string of the molecule is CCC1(OC)C(=O)N(C)c2cc3c(N[C@H](C)c4cccc(C(F)(F)C(C)(C)O)c4C)nnc(C)c3cc21. The van der Waals surface area contributed by atoms with Gasteiger partial charge in [-0.1, -0.05) is 25.1 Å². The zero-order valence-electron chi connectivity index (χ0n) is 22.5. The third kappa shape index (κ3) is 3.95. The summed E-state index contributed by atoms with van der Waals surface area (Å²) in [6, 6.07) is 8.13. The highest BCUT2D eigenvalue weighted by Gasteiger charge is 2.50. The van der Waals surface area contributed by atoms with E-state index in [2.05, 4.69) is 15.5 Å². The van der Waals surface area contributed by atoms with E-state index >= 15 is 8.78 Å². The maximum atomic E-state index is 15.0. The van der Waals surface area contributed by atoms with Crippen molar-refractivity contribution in [3.8, 4) is 0 Å². The highest BCUT2D eigenvalue weighted by molar-refractivity contribution is 6.10. The molecule has 1 amide bonds. The number of anilines is 2. The molecule has 0 bridgehead atoms. The standard InChI is InChI=1S/C28H34F2N4O3/c1-9-27(37-8)22-13-19-17(4)32-33-24(20(19)14-23(22)34(7)25(27)35)31-16(3)18-11-10-12-21(15(18)2)28(29,30)26(5,6)36/h10-14,16,36H,9H2,1-8H3,(H,31,33)/t16-,27?/m1/s1. The molecule has 198 valence electrons. The number of amides is 1. The summed E-state index contributed by atoms with van der Waals surface area (Å²) >= 11 is 0. The van der Waals surface area contributed by atoms with E-state index in [0.29, 0.717) is 29.1 Å². The fourth-order valence-electron chi connectivity index (χ4n) is 5.28. The van der Waals surface area contributed by atoms with Gasteiger partial charge in [0.05, 0.1) is 17.4 Å². The Morgan fingerprint density at radius 2 is 1.86 bits per heavy atom. The molecule has 2 N–H and O–H groups in total. The van der Waals surface area contributed by atoms with E-state index in [1.165, 1.54) is 6.07 Å². The fraction of sp³-hybridized carbons (Fsp3) is 0.464. The van der Waals surface area contributed by atoms with Crippen molar-refractivity contribution in [1.82, 2.24) is 10.2 Å². The summed E-state index contributed by atoms with van der Waals surface area (Å²) in [5.74, 6) is -3.10. The van der Waals surface area contributed by atoms with Crippen LogP contribution in [0.25, 0.3) is 10.8 Å². The zero-order chi connectivity index (χ0) is 27.5. The molecule has 2 heterocycles. The number of fused-ring (bicyclic) bond motifs is 2. The molecule has 3 aromatic rings. The molecular formula is C28H34F2N4O3. The van der Waals surface area contributed by atoms with Crippen LogP contribution >= 0.6 is 0 Å². The molecule has 37 heavy (non-hydrogen) atoms. The van der Waals surface area contributed by atoms with E-state index in [-0.39, 0.29) is 11.5 Å². The highest BCUT2D eigenvalue weighted by Crippen LogP contribution is 2.47. The summed E-state index contributed by atoms with van der Waals surface area (Å²) in [6.07, 6.45) is 0.482. The van der Waals surface area contributed by atoms with Gasteiger partial charge in [0.2, 0.25) is 0 Å². The Morgan fingerprint density at radius 3 is 2.46 bits per heavy atom. The number of alkyl halides is 2. The van der Waals surface area contributed by atoms with Crippen LogP contribution in [0.3, 0.4) is 0 Å². The van der Waals surface area contributed by atoms with E-state index in [4.69, 9.17) is 4.74 Å². The Balaban J connectivity index is 1.80. The largest absolute Gasteiger partial charge is 0.384 e. The Labute approximate surface area is 215 Å². The average Bonchev–Trinajstić information content (AvgIpc) is 3.05. The number of carbonyl (C=O) groups is 1. The molecule has 1 aromatic heterocycles. The van der Waals surface area contributed by atoms with Gasteiger partial charge in [0, 0.05) is 36.1 Å². The number of aryl methyl sites for hydroxylation is 1. The monoisotopic (exact) mass is 512 g/mol. The first-order valence-electron chi connectivity index (χ1n) is 12.3. The van der Waals surface area contributed by atoms with Crippen LogP contribution in [0.1, 0.15) is 68.1 Å². The first kappa shape index (κ1) is 26.9. The second-order valence-corrected chi connectivity index (χ2v) is 10.3. The summed E-state index contributed by atoms with van der Waals surface area (Å²) in [5.41, 5.74) is -0.254. The molecule has 4 rings (SSSR count). The van der Waals surface area contributed by atoms with Gasteiger partial charge in [-0.3, -0.25) is 4.79 Å². The van der Waals surface area contributed by atoms with Crippen molar-refractivity contribution < 1.29 is 23.4 Å². The number of carbonyl (C=O) groups excluding carboxylic acids is 1. The lowest BCUT2D eigenvalue weighted by molar-refractivity contribution is -0.168. The molecule has 1 aliphatic heterocycles. The lowest BCUT2D eigenvalue weighted by Crippen LogP contribution is -2.40.